The van der Waals surface area contributed by atoms with Gasteiger partial charge in [-0.25, -0.2) is 13.4 Å². The maximum atomic E-state index is 12.6. The zero-order valence-electron chi connectivity index (χ0n) is 14.0. The molecular weight excluding hydrogens is 438 g/mol. The summed E-state index contributed by atoms with van der Waals surface area (Å²) in [4.78, 5) is 17.0. The van der Waals surface area contributed by atoms with Crippen LogP contribution in [0.3, 0.4) is 0 Å². The fraction of sp³-hybridized carbons (Fsp3) is 0. The van der Waals surface area contributed by atoms with Gasteiger partial charge in [-0.05, 0) is 30.3 Å². The Bertz CT molecular complexity index is 1250. The van der Waals surface area contributed by atoms with E-state index in [-0.39, 0.29) is 15.9 Å². The molecule has 2 N–H and O–H groups in total. The Morgan fingerprint density at radius 1 is 1.07 bits per heavy atom. The quantitative estimate of drug-likeness (QED) is 0.445. The monoisotopic (exact) mass is 449 g/mol. The van der Waals surface area contributed by atoms with Crippen LogP contribution in [0.5, 0.6) is 0 Å². The van der Waals surface area contributed by atoms with Crippen molar-refractivity contribution in [3.63, 3.8) is 0 Å². The first kappa shape index (κ1) is 18.9. The summed E-state index contributed by atoms with van der Waals surface area (Å²) in [5.74, 6) is -0.345. The van der Waals surface area contributed by atoms with E-state index in [9.17, 15) is 13.2 Å². The van der Waals surface area contributed by atoms with Crippen LogP contribution in [0, 0.1) is 0 Å². The van der Waals surface area contributed by atoms with E-state index < -0.39 is 10.0 Å². The topological polar surface area (TPSA) is 88.2 Å². The third-order valence-corrected chi connectivity index (χ3v) is 7.66. The molecule has 0 fully saturated rings. The van der Waals surface area contributed by atoms with Crippen molar-refractivity contribution < 1.29 is 13.2 Å². The van der Waals surface area contributed by atoms with Gasteiger partial charge in [0.1, 0.15) is 4.88 Å². The van der Waals surface area contributed by atoms with Crippen molar-refractivity contribution in [1.29, 1.82) is 0 Å². The average Bonchev–Trinajstić information content (AvgIpc) is 3.30. The SMILES string of the molecule is O=C(Nc1ccc(S(=O)(=O)Nc2nccs2)cc1)c1sc2ccccc2c1Cl. The molecule has 28 heavy (non-hydrogen) atoms. The van der Waals surface area contributed by atoms with Crippen LogP contribution in [-0.2, 0) is 10.0 Å². The molecule has 4 rings (SSSR count). The number of carbonyl (C=O) groups excluding carboxylic acids is 1. The number of fused-ring (bicyclic) bond motifs is 1. The molecule has 0 aliphatic rings. The summed E-state index contributed by atoms with van der Waals surface area (Å²) in [5.41, 5.74) is 0.465. The molecule has 6 nitrogen and oxygen atoms in total. The molecule has 0 spiro atoms. The number of nitrogens with one attached hydrogen (secondary N) is 2. The minimum absolute atomic E-state index is 0.0700. The molecule has 2 heterocycles. The third-order valence-electron chi connectivity index (χ3n) is 3.82. The maximum absolute atomic E-state index is 12.6. The van der Waals surface area contributed by atoms with Crippen LogP contribution in [0.2, 0.25) is 5.02 Å². The predicted molar refractivity (Wildman–Crippen MR) is 114 cm³/mol. The molecule has 10 heteroatoms. The van der Waals surface area contributed by atoms with Crippen molar-refractivity contribution in [2.75, 3.05) is 10.0 Å². The van der Waals surface area contributed by atoms with Gasteiger partial charge < -0.3 is 5.32 Å². The van der Waals surface area contributed by atoms with Crippen LogP contribution in [0.25, 0.3) is 10.1 Å². The number of carbonyl (C=O) groups is 1. The molecule has 0 saturated heterocycles. The predicted octanol–water partition coefficient (Wildman–Crippen LogP) is 5.06. The summed E-state index contributed by atoms with van der Waals surface area (Å²) in [6.07, 6.45) is 1.51. The van der Waals surface area contributed by atoms with E-state index in [1.54, 1.807) is 5.38 Å². The van der Waals surface area contributed by atoms with Gasteiger partial charge in [0, 0.05) is 27.4 Å². The molecule has 142 valence electrons. The van der Waals surface area contributed by atoms with Crippen LogP contribution in [0.15, 0.2) is 65.0 Å². The highest BCUT2D eigenvalue weighted by molar-refractivity contribution is 7.93. The van der Waals surface area contributed by atoms with Gasteiger partial charge in [0.15, 0.2) is 5.13 Å². The Hall–Kier alpha value is -2.46. The average molecular weight is 450 g/mol. The Morgan fingerprint density at radius 2 is 1.82 bits per heavy atom. The third kappa shape index (κ3) is 3.74. The number of benzene rings is 2. The fourth-order valence-corrected chi connectivity index (χ4v) is 5.71. The number of hydrogen-bond donors (Lipinski definition) is 2. The summed E-state index contributed by atoms with van der Waals surface area (Å²) in [7, 11) is -3.74. The molecule has 2 aromatic heterocycles. The Balaban J connectivity index is 1.52. The number of nitrogens with zero attached hydrogens (tertiary/aromatic N) is 1. The summed E-state index contributed by atoms with van der Waals surface area (Å²) < 4.78 is 28.0. The highest BCUT2D eigenvalue weighted by Gasteiger charge is 2.18. The van der Waals surface area contributed by atoms with Crippen molar-refractivity contribution in [2.24, 2.45) is 0 Å². The second-order valence-corrected chi connectivity index (χ2v) is 9.67. The first-order valence-corrected chi connectivity index (χ1v) is 11.5. The second-order valence-electron chi connectivity index (χ2n) is 5.66. The Morgan fingerprint density at radius 3 is 2.50 bits per heavy atom. The smallest absolute Gasteiger partial charge is 0.267 e. The van der Waals surface area contributed by atoms with E-state index >= 15 is 0 Å². The van der Waals surface area contributed by atoms with E-state index in [0.717, 1.165) is 10.1 Å². The number of sulfonamides is 1. The first-order valence-electron chi connectivity index (χ1n) is 7.95. The molecule has 0 atom stereocenters. The minimum atomic E-state index is -3.74. The van der Waals surface area contributed by atoms with Crippen LogP contribution in [0.1, 0.15) is 9.67 Å². The number of halogens is 1. The number of thiophene rings is 1. The van der Waals surface area contributed by atoms with E-state index in [1.807, 2.05) is 24.3 Å². The number of aromatic nitrogens is 1. The molecule has 0 saturated carbocycles. The van der Waals surface area contributed by atoms with Crippen molar-refractivity contribution >= 4 is 71.1 Å². The van der Waals surface area contributed by atoms with Gasteiger partial charge in [-0.15, -0.1) is 22.7 Å². The molecule has 0 aliphatic carbocycles. The lowest BCUT2D eigenvalue weighted by atomic mass is 10.2. The number of rotatable bonds is 5. The number of amides is 1. The highest BCUT2D eigenvalue weighted by Crippen LogP contribution is 2.35. The first-order chi connectivity index (χ1) is 13.4. The van der Waals surface area contributed by atoms with Gasteiger partial charge in [-0.2, -0.15) is 0 Å². The molecule has 4 aromatic rings. The standard InChI is InChI=1S/C18H12ClN3O3S3/c19-15-13-3-1-2-4-14(13)27-16(15)17(23)21-11-5-7-12(8-6-11)28(24,25)22-18-20-9-10-26-18/h1-10H,(H,20,22)(H,21,23). The van der Waals surface area contributed by atoms with Gasteiger partial charge >= 0.3 is 0 Å². The van der Waals surface area contributed by atoms with Crippen molar-refractivity contribution in [3.05, 3.63) is 70.0 Å². The molecule has 1 amide bonds. The number of thiazole rings is 1. The fourth-order valence-electron chi connectivity index (χ4n) is 2.51. The van der Waals surface area contributed by atoms with Crippen molar-refractivity contribution in [1.82, 2.24) is 4.98 Å². The van der Waals surface area contributed by atoms with E-state index in [1.165, 1.54) is 53.1 Å². The normalized spacial score (nSPS) is 11.5. The zero-order valence-corrected chi connectivity index (χ0v) is 17.3. The molecular formula is C18H12ClN3O3S3. The molecule has 0 bridgehead atoms. The summed E-state index contributed by atoms with van der Waals surface area (Å²) in [6.45, 7) is 0. The van der Waals surface area contributed by atoms with Gasteiger partial charge in [-0.3, -0.25) is 9.52 Å². The summed E-state index contributed by atoms with van der Waals surface area (Å²) in [5, 5.41) is 5.95. The van der Waals surface area contributed by atoms with Crippen molar-refractivity contribution in [2.45, 2.75) is 4.90 Å². The lowest BCUT2D eigenvalue weighted by molar-refractivity contribution is 0.103. The van der Waals surface area contributed by atoms with Crippen LogP contribution >= 0.6 is 34.3 Å². The van der Waals surface area contributed by atoms with E-state index in [4.69, 9.17) is 11.6 Å². The Kier molecular flexibility index (Phi) is 5.07. The molecule has 0 aliphatic heterocycles. The van der Waals surface area contributed by atoms with Gasteiger partial charge in [-0.1, -0.05) is 29.8 Å². The molecule has 0 radical (unpaired) electrons. The highest BCUT2D eigenvalue weighted by atomic mass is 35.5. The van der Waals surface area contributed by atoms with Gasteiger partial charge in [0.05, 0.1) is 9.92 Å². The van der Waals surface area contributed by atoms with Crippen molar-refractivity contribution in [3.8, 4) is 0 Å². The van der Waals surface area contributed by atoms with E-state index in [2.05, 4.69) is 15.0 Å². The van der Waals surface area contributed by atoms with Gasteiger partial charge in [0.25, 0.3) is 15.9 Å². The van der Waals surface area contributed by atoms with Gasteiger partial charge in [0.2, 0.25) is 0 Å². The number of hydrogen-bond acceptors (Lipinski definition) is 6. The largest absolute Gasteiger partial charge is 0.321 e. The number of anilines is 2. The molecule has 0 unspecified atom stereocenters. The lowest BCUT2D eigenvalue weighted by Crippen LogP contribution is -2.13. The second kappa shape index (κ2) is 7.51. The summed E-state index contributed by atoms with van der Waals surface area (Å²) in [6, 6.07) is 13.4. The van der Waals surface area contributed by atoms with E-state index in [0.29, 0.717) is 15.6 Å². The lowest BCUT2D eigenvalue weighted by Gasteiger charge is -2.07. The van der Waals surface area contributed by atoms with Crippen LogP contribution in [0.4, 0.5) is 10.8 Å². The maximum Gasteiger partial charge on any atom is 0.267 e. The minimum Gasteiger partial charge on any atom is -0.321 e. The van der Waals surface area contributed by atoms with Crippen LogP contribution in [-0.4, -0.2) is 19.3 Å². The van der Waals surface area contributed by atoms with Crippen LogP contribution < -0.4 is 10.0 Å². The zero-order chi connectivity index (χ0) is 19.7. The Labute approximate surface area is 173 Å². The summed E-state index contributed by atoms with van der Waals surface area (Å²) >= 11 is 8.82. The molecule has 2 aromatic carbocycles.